The zero-order chi connectivity index (χ0) is 23.3. The summed E-state index contributed by atoms with van der Waals surface area (Å²) in [5, 5.41) is 5.01. The van der Waals surface area contributed by atoms with Crippen molar-refractivity contribution in [2.45, 2.75) is 84.5 Å². The zero-order valence-electron chi connectivity index (χ0n) is 20.0. The fourth-order valence-electron chi connectivity index (χ4n) is 4.44. The first kappa shape index (κ1) is 23.1. The van der Waals surface area contributed by atoms with Gasteiger partial charge in [0, 0.05) is 25.0 Å². The molecule has 4 rings (SSSR count). The summed E-state index contributed by atoms with van der Waals surface area (Å²) >= 11 is 3.66. The van der Waals surface area contributed by atoms with E-state index in [-0.39, 0.29) is 23.2 Å². The first-order chi connectivity index (χ1) is 14.9. The molecule has 1 aliphatic rings. The lowest BCUT2D eigenvalue weighted by molar-refractivity contribution is -0.0736. The maximum absolute atomic E-state index is 6.39. The Balaban J connectivity index is 1.83. The van der Waals surface area contributed by atoms with Crippen molar-refractivity contribution in [3.05, 3.63) is 57.7 Å². The van der Waals surface area contributed by atoms with Gasteiger partial charge in [-0.3, -0.25) is 0 Å². The van der Waals surface area contributed by atoms with Crippen LogP contribution in [0.4, 0.5) is 0 Å². The van der Waals surface area contributed by atoms with Crippen molar-refractivity contribution >= 4 is 15.9 Å². The van der Waals surface area contributed by atoms with E-state index in [1.165, 1.54) is 11.1 Å². The number of ether oxygens (including phenoxy) is 1. The first-order valence-electron chi connectivity index (χ1n) is 11.2. The SMILES string of the molecule is Cc1ccc(Cc2nc(-c3nc(C(C)C)ncc3Br)n(C3CC(C)(C)OC3(C)C)n2)cc1. The molecule has 1 aromatic carbocycles. The molecule has 1 aliphatic heterocycles. The Bertz CT molecular complexity index is 1120. The van der Waals surface area contributed by atoms with E-state index in [4.69, 9.17) is 19.8 Å². The third kappa shape index (κ3) is 4.64. The van der Waals surface area contributed by atoms with E-state index in [2.05, 4.69) is 93.6 Å². The highest BCUT2D eigenvalue weighted by atomic mass is 79.9. The molecule has 3 aromatic rings. The molecule has 3 heterocycles. The van der Waals surface area contributed by atoms with E-state index in [0.29, 0.717) is 6.42 Å². The molecule has 0 amide bonds. The molecule has 2 aromatic heterocycles. The quantitative estimate of drug-likeness (QED) is 0.429. The van der Waals surface area contributed by atoms with Gasteiger partial charge in [0.2, 0.25) is 0 Å². The van der Waals surface area contributed by atoms with Crippen LogP contribution in [0.3, 0.4) is 0 Å². The van der Waals surface area contributed by atoms with Crippen molar-refractivity contribution in [2.24, 2.45) is 0 Å². The third-order valence-electron chi connectivity index (χ3n) is 5.97. The monoisotopic (exact) mass is 497 g/mol. The van der Waals surface area contributed by atoms with Crippen LogP contribution in [0.15, 0.2) is 34.9 Å². The molecule has 0 aliphatic carbocycles. The van der Waals surface area contributed by atoms with Crippen LogP contribution in [0.1, 0.15) is 82.7 Å². The fraction of sp³-hybridized carbons (Fsp3) is 0.520. The lowest BCUT2D eigenvalue weighted by Gasteiger charge is -2.27. The van der Waals surface area contributed by atoms with Crippen LogP contribution in [-0.4, -0.2) is 35.9 Å². The molecular weight excluding hydrogens is 466 g/mol. The van der Waals surface area contributed by atoms with Gasteiger partial charge < -0.3 is 4.74 Å². The molecule has 0 radical (unpaired) electrons. The van der Waals surface area contributed by atoms with Crippen LogP contribution < -0.4 is 0 Å². The van der Waals surface area contributed by atoms with E-state index in [0.717, 1.165) is 34.1 Å². The van der Waals surface area contributed by atoms with E-state index in [1.807, 2.05) is 10.9 Å². The van der Waals surface area contributed by atoms with Crippen LogP contribution >= 0.6 is 15.9 Å². The molecule has 1 saturated heterocycles. The highest BCUT2D eigenvalue weighted by molar-refractivity contribution is 9.10. The molecule has 7 heteroatoms. The number of hydrogen-bond acceptors (Lipinski definition) is 5. The molecule has 0 bridgehead atoms. The summed E-state index contributed by atoms with van der Waals surface area (Å²) in [6.45, 7) is 14.8. The van der Waals surface area contributed by atoms with Gasteiger partial charge in [-0.25, -0.2) is 19.6 Å². The van der Waals surface area contributed by atoms with Gasteiger partial charge in [0.15, 0.2) is 11.6 Å². The molecule has 1 atom stereocenters. The minimum atomic E-state index is -0.381. The van der Waals surface area contributed by atoms with Crippen molar-refractivity contribution in [3.63, 3.8) is 0 Å². The van der Waals surface area contributed by atoms with Crippen LogP contribution in [0.5, 0.6) is 0 Å². The Hall–Kier alpha value is -2.12. The Morgan fingerprint density at radius 1 is 1.12 bits per heavy atom. The lowest BCUT2D eigenvalue weighted by Crippen LogP contribution is -2.32. The molecule has 0 spiro atoms. The number of aryl methyl sites for hydroxylation is 1. The van der Waals surface area contributed by atoms with Gasteiger partial charge in [-0.05, 0) is 56.1 Å². The van der Waals surface area contributed by atoms with E-state index < -0.39 is 0 Å². The number of nitrogens with zero attached hydrogens (tertiary/aromatic N) is 5. The summed E-state index contributed by atoms with van der Waals surface area (Å²) in [4.78, 5) is 14.3. The Morgan fingerprint density at radius 2 is 1.81 bits per heavy atom. The highest BCUT2D eigenvalue weighted by Gasteiger charge is 2.48. The number of benzene rings is 1. The molecule has 0 N–H and O–H groups in total. The average Bonchev–Trinajstić information content (AvgIpc) is 3.19. The number of aromatic nitrogens is 5. The van der Waals surface area contributed by atoms with Crippen molar-refractivity contribution in [3.8, 4) is 11.5 Å². The standard InChI is InChI=1S/C25H32BrN5O/c1-15(2)22-27-14-18(26)21(29-22)23-28-20(12-17-10-8-16(3)9-11-17)30-31(23)19-13-24(4,5)32-25(19,6)7/h8-11,14-15,19H,12-13H2,1-7H3. The summed E-state index contributed by atoms with van der Waals surface area (Å²) < 4.78 is 9.24. The molecule has 170 valence electrons. The predicted molar refractivity (Wildman–Crippen MR) is 130 cm³/mol. The van der Waals surface area contributed by atoms with Crippen molar-refractivity contribution < 1.29 is 4.74 Å². The predicted octanol–water partition coefficient (Wildman–Crippen LogP) is 6.04. The topological polar surface area (TPSA) is 65.7 Å². The number of hydrogen-bond donors (Lipinski definition) is 0. The van der Waals surface area contributed by atoms with Crippen LogP contribution in [0, 0.1) is 6.92 Å². The van der Waals surface area contributed by atoms with Crippen LogP contribution in [0.2, 0.25) is 0 Å². The van der Waals surface area contributed by atoms with Gasteiger partial charge in [-0.2, -0.15) is 5.10 Å². The van der Waals surface area contributed by atoms with Gasteiger partial charge in [0.25, 0.3) is 0 Å². The van der Waals surface area contributed by atoms with Gasteiger partial charge in [0.05, 0.1) is 21.7 Å². The zero-order valence-corrected chi connectivity index (χ0v) is 21.6. The van der Waals surface area contributed by atoms with Crippen molar-refractivity contribution in [1.82, 2.24) is 24.7 Å². The molecular formula is C25H32BrN5O. The van der Waals surface area contributed by atoms with Crippen LogP contribution in [0.25, 0.3) is 11.5 Å². The molecule has 6 nitrogen and oxygen atoms in total. The number of halogens is 1. The van der Waals surface area contributed by atoms with E-state index in [1.54, 1.807) is 0 Å². The Kier molecular flexibility index (Phi) is 6.01. The summed E-state index contributed by atoms with van der Waals surface area (Å²) in [5.74, 6) is 2.54. The highest BCUT2D eigenvalue weighted by Crippen LogP contribution is 2.46. The van der Waals surface area contributed by atoms with Gasteiger partial charge >= 0.3 is 0 Å². The second-order valence-corrected chi connectivity index (χ2v) is 11.1. The third-order valence-corrected chi connectivity index (χ3v) is 6.55. The van der Waals surface area contributed by atoms with Crippen molar-refractivity contribution in [2.75, 3.05) is 0 Å². The normalized spacial score (nSPS) is 19.6. The molecule has 0 saturated carbocycles. The Morgan fingerprint density at radius 3 is 2.41 bits per heavy atom. The molecule has 1 unspecified atom stereocenters. The Labute approximate surface area is 199 Å². The summed E-state index contributed by atoms with van der Waals surface area (Å²) in [6.07, 6.45) is 3.33. The molecule has 1 fully saturated rings. The smallest absolute Gasteiger partial charge is 0.178 e. The fourth-order valence-corrected chi connectivity index (χ4v) is 4.81. The summed E-state index contributed by atoms with van der Waals surface area (Å²) in [7, 11) is 0. The molecule has 32 heavy (non-hydrogen) atoms. The lowest BCUT2D eigenvalue weighted by atomic mass is 9.94. The van der Waals surface area contributed by atoms with Gasteiger partial charge in [-0.15, -0.1) is 0 Å². The summed E-state index contributed by atoms with van der Waals surface area (Å²) in [6, 6.07) is 8.56. The average molecular weight is 498 g/mol. The second kappa shape index (κ2) is 8.34. The van der Waals surface area contributed by atoms with Gasteiger partial charge in [0.1, 0.15) is 11.5 Å². The van der Waals surface area contributed by atoms with Gasteiger partial charge in [-0.1, -0.05) is 43.7 Å². The van der Waals surface area contributed by atoms with Crippen molar-refractivity contribution in [1.29, 1.82) is 0 Å². The minimum Gasteiger partial charge on any atom is -0.367 e. The maximum Gasteiger partial charge on any atom is 0.178 e. The van der Waals surface area contributed by atoms with E-state index in [9.17, 15) is 0 Å². The minimum absolute atomic E-state index is 0.0381. The largest absolute Gasteiger partial charge is 0.367 e. The maximum atomic E-state index is 6.39. The van der Waals surface area contributed by atoms with E-state index >= 15 is 0 Å². The summed E-state index contributed by atoms with van der Waals surface area (Å²) in [5.41, 5.74) is 2.58. The number of rotatable bonds is 5. The van der Waals surface area contributed by atoms with Crippen LogP contribution in [-0.2, 0) is 11.2 Å². The first-order valence-corrected chi connectivity index (χ1v) is 12.0. The second-order valence-electron chi connectivity index (χ2n) is 10.2.